The molecule has 2 N–H and O–H groups in total. The second-order valence-electron chi connectivity index (χ2n) is 2.46. The number of hydrogen-bond acceptors (Lipinski definition) is 3. The Morgan fingerprint density at radius 3 is 2.71 bits per heavy atom. The molecule has 74 valence electrons. The van der Waals surface area contributed by atoms with E-state index >= 15 is 0 Å². The van der Waals surface area contributed by atoms with Crippen LogP contribution in [0.15, 0.2) is 24.3 Å². The fourth-order valence-electron chi connectivity index (χ4n) is 0.924. The number of rotatable bonds is 2. The number of anilines is 1. The first-order valence-corrected chi connectivity index (χ1v) is 4.23. The highest BCUT2D eigenvalue weighted by Gasteiger charge is 2.08. The topological polar surface area (TPSA) is 58.6 Å². The third-order valence-corrected chi connectivity index (χ3v) is 1.83. The van der Waals surface area contributed by atoms with Gasteiger partial charge < -0.3 is 15.2 Å². The van der Waals surface area contributed by atoms with Crippen LogP contribution in [0.1, 0.15) is 0 Å². The van der Waals surface area contributed by atoms with Gasteiger partial charge in [-0.05, 0) is 12.1 Å². The Hall–Kier alpha value is -1.62. The number of ether oxygens (including phenoxy) is 1. The van der Waals surface area contributed by atoms with Crippen molar-refractivity contribution in [3.8, 4) is 5.75 Å². The maximum atomic E-state index is 10.5. The van der Waals surface area contributed by atoms with Crippen molar-refractivity contribution in [2.24, 2.45) is 0 Å². The van der Waals surface area contributed by atoms with Crippen molar-refractivity contribution in [2.75, 3.05) is 12.4 Å². The summed E-state index contributed by atoms with van der Waals surface area (Å²) in [6, 6.07) is 6.95. The Balaban J connectivity index is 2.85. The molecule has 0 aromatic heterocycles. The van der Waals surface area contributed by atoms with Gasteiger partial charge in [0.1, 0.15) is 5.75 Å². The average molecular weight is 211 g/mol. The number of benzene rings is 1. The Labute approximate surface area is 86.5 Å². The first-order chi connectivity index (χ1) is 6.65. The van der Waals surface area contributed by atoms with Crippen LogP contribution in [0.2, 0.25) is 0 Å². The third kappa shape index (κ3) is 2.43. The van der Waals surface area contributed by atoms with E-state index in [0.29, 0.717) is 11.4 Å². The fourth-order valence-corrected chi connectivity index (χ4v) is 1.03. The first kappa shape index (κ1) is 10.5. The molecule has 5 heteroatoms. The van der Waals surface area contributed by atoms with Crippen LogP contribution in [-0.2, 0) is 4.79 Å². The van der Waals surface area contributed by atoms with Gasteiger partial charge in [0, 0.05) is 0 Å². The molecule has 0 heterocycles. The molecule has 1 rings (SSSR count). The number of para-hydroxylation sites is 2. The smallest absolute Gasteiger partial charge is 0.363 e. The van der Waals surface area contributed by atoms with Crippen LogP contribution in [0.4, 0.5) is 5.69 Å². The van der Waals surface area contributed by atoms with Crippen molar-refractivity contribution in [2.45, 2.75) is 0 Å². The minimum Gasteiger partial charge on any atom is -0.495 e. The molecule has 4 nitrogen and oxygen atoms in total. The molecule has 0 saturated carbocycles. The molecule has 0 spiro atoms. The van der Waals surface area contributed by atoms with E-state index in [4.69, 9.17) is 9.84 Å². The maximum Gasteiger partial charge on any atom is 0.363 e. The van der Waals surface area contributed by atoms with Crippen molar-refractivity contribution in [3.63, 3.8) is 0 Å². The molecule has 0 aliphatic heterocycles. The van der Waals surface area contributed by atoms with E-state index in [1.807, 2.05) is 0 Å². The van der Waals surface area contributed by atoms with Crippen LogP contribution in [0.5, 0.6) is 5.75 Å². The van der Waals surface area contributed by atoms with Crippen molar-refractivity contribution in [1.82, 2.24) is 0 Å². The van der Waals surface area contributed by atoms with Crippen LogP contribution < -0.4 is 10.1 Å². The second kappa shape index (κ2) is 4.57. The van der Waals surface area contributed by atoms with Gasteiger partial charge in [-0.15, -0.1) is 0 Å². The summed E-state index contributed by atoms with van der Waals surface area (Å²) in [5, 5.41) is 11.1. The first-order valence-electron chi connectivity index (χ1n) is 3.82. The number of carboxylic acids is 1. The SMILES string of the molecule is COc1ccccc1NC(=S)C(=O)O. The van der Waals surface area contributed by atoms with E-state index in [1.165, 1.54) is 7.11 Å². The number of nitrogens with one attached hydrogen (secondary N) is 1. The van der Waals surface area contributed by atoms with E-state index in [0.717, 1.165) is 0 Å². The van der Waals surface area contributed by atoms with Crippen molar-refractivity contribution in [1.29, 1.82) is 0 Å². The summed E-state index contributed by atoms with van der Waals surface area (Å²) in [4.78, 5) is 10.2. The van der Waals surface area contributed by atoms with Gasteiger partial charge in [-0.3, -0.25) is 0 Å². The Morgan fingerprint density at radius 1 is 1.50 bits per heavy atom. The highest BCUT2D eigenvalue weighted by atomic mass is 32.1. The third-order valence-electron chi connectivity index (χ3n) is 1.55. The predicted octanol–water partition coefficient (Wildman–Crippen LogP) is 1.52. The lowest BCUT2D eigenvalue weighted by atomic mass is 10.3. The standard InChI is InChI=1S/C9H9NO3S/c1-13-7-5-3-2-4-6(7)10-8(14)9(11)12/h2-5H,1H3,(H,10,14)(H,11,12). The molecule has 0 radical (unpaired) electrons. The molecule has 0 unspecified atom stereocenters. The fraction of sp³-hybridized carbons (Fsp3) is 0.111. The zero-order chi connectivity index (χ0) is 10.6. The zero-order valence-corrected chi connectivity index (χ0v) is 8.30. The molecule has 0 saturated heterocycles. The number of carbonyl (C=O) groups is 1. The van der Waals surface area contributed by atoms with E-state index in [2.05, 4.69) is 17.5 Å². The van der Waals surface area contributed by atoms with Gasteiger partial charge in [0.25, 0.3) is 0 Å². The van der Waals surface area contributed by atoms with E-state index < -0.39 is 5.97 Å². The highest BCUT2D eigenvalue weighted by Crippen LogP contribution is 2.22. The van der Waals surface area contributed by atoms with Crippen molar-refractivity contribution >= 4 is 28.9 Å². The molecule has 1 aromatic carbocycles. The van der Waals surface area contributed by atoms with Crippen molar-refractivity contribution < 1.29 is 14.6 Å². The number of methoxy groups -OCH3 is 1. The average Bonchev–Trinajstić information content (AvgIpc) is 2.18. The molecule has 0 aliphatic carbocycles. The van der Waals surface area contributed by atoms with Crippen LogP contribution in [-0.4, -0.2) is 23.2 Å². The lowest BCUT2D eigenvalue weighted by Gasteiger charge is -2.08. The van der Waals surface area contributed by atoms with Gasteiger partial charge in [-0.25, -0.2) is 4.79 Å². The molecule has 0 bridgehead atoms. The predicted molar refractivity (Wildman–Crippen MR) is 56.9 cm³/mol. The zero-order valence-electron chi connectivity index (χ0n) is 7.48. The van der Waals surface area contributed by atoms with Gasteiger partial charge in [0.15, 0.2) is 4.99 Å². The molecule has 0 aliphatic rings. The Morgan fingerprint density at radius 2 is 2.14 bits per heavy atom. The minimum absolute atomic E-state index is 0.255. The quantitative estimate of drug-likeness (QED) is 0.726. The second-order valence-corrected chi connectivity index (χ2v) is 2.87. The monoisotopic (exact) mass is 211 g/mol. The van der Waals surface area contributed by atoms with Gasteiger partial charge in [0.2, 0.25) is 0 Å². The van der Waals surface area contributed by atoms with Gasteiger partial charge in [-0.2, -0.15) is 0 Å². The number of hydrogen-bond donors (Lipinski definition) is 2. The summed E-state index contributed by atoms with van der Waals surface area (Å²) in [7, 11) is 1.50. The Bertz CT molecular complexity index is 365. The molecular formula is C9H9NO3S. The summed E-state index contributed by atoms with van der Waals surface area (Å²) in [5.41, 5.74) is 0.544. The molecule has 14 heavy (non-hydrogen) atoms. The number of thiocarbonyl (C=S) groups is 1. The van der Waals surface area contributed by atoms with Gasteiger partial charge in [0.05, 0.1) is 12.8 Å². The largest absolute Gasteiger partial charge is 0.495 e. The number of aliphatic carboxylic acids is 1. The van der Waals surface area contributed by atoms with E-state index in [-0.39, 0.29) is 4.99 Å². The van der Waals surface area contributed by atoms with Gasteiger partial charge >= 0.3 is 5.97 Å². The van der Waals surface area contributed by atoms with Crippen LogP contribution >= 0.6 is 12.2 Å². The summed E-state index contributed by atoms with van der Waals surface area (Å²) in [6.45, 7) is 0. The normalized spacial score (nSPS) is 9.21. The van der Waals surface area contributed by atoms with Crippen LogP contribution in [0.25, 0.3) is 0 Å². The lowest BCUT2D eigenvalue weighted by molar-refractivity contribution is -0.129. The molecule has 0 fully saturated rings. The van der Waals surface area contributed by atoms with E-state index in [9.17, 15) is 4.79 Å². The summed E-state index contributed by atoms with van der Waals surface area (Å²) >= 11 is 4.60. The minimum atomic E-state index is -1.16. The lowest BCUT2D eigenvalue weighted by Crippen LogP contribution is -2.19. The molecule has 1 aromatic rings. The summed E-state index contributed by atoms with van der Waals surface area (Å²) in [5.74, 6) is -0.609. The summed E-state index contributed by atoms with van der Waals surface area (Å²) < 4.78 is 5.01. The number of carboxylic acid groups (broad SMARTS) is 1. The highest BCUT2D eigenvalue weighted by molar-refractivity contribution is 7.82. The molecule has 0 amide bonds. The maximum absolute atomic E-state index is 10.5. The molecule has 0 atom stereocenters. The van der Waals surface area contributed by atoms with Crippen LogP contribution in [0, 0.1) is 0 Å². The Kier molecular flexibility index (Phi) is 3.41. The van der Waals surface area contributed by atoms with E-state index in [1.54, 1.807) is 24.3 Å². The van der Waals surface area contributed by atoms with Crippen molar-refractivity contribution in [3.05, 3.63) is 24.3 Å². The van der Waals surface area contributed by atoms with Gasteiger partial charge in [-0.1, -0.05) is 24.4 Å². The van der Waals surface area contributed by atoms with Crippen LogP contribution in [0.3, 0.4) is 0 Å². The molecular weight excluding hydrogens is 202 g/mol. The summed E-state index contributed by atoms with van der Waals surface area (Å²) in [6.07, 6.45) is 0.